The van der Waals surface area contributed by atoms with Gasteiger partial charge in [0, 0.05) is 23.8 Å². The molecule has 1 aliphatic rings. The average Bonchev–Trinajstić information content (AvgIpc) is 3.19. The van der Waals surface area contributed by atoms with Gasteiger partial charge in [-0.25, -0.2) is 8.78 Å². The highest BCUT2D eigenvalue weighted by Crippen LogP contribution is 2.39. The second-order valence-electron chi connectivity index (χ2n) is 6.13. The molecule has 23 heavy (non-hydrogen) atoms. The van der Waals surface area contributed by atoms with Crippen molar-refractivity contribution in [3.05, 3.63) is 47.0 Å². The SMILES string of the molecule is CCc1ccc2c(sc3c(F)c(CC4CCCO4)ccc32)c1F. The van der Waals surface area contributed by atoms with Crippen molar-refractivity contribution in [3.8, 4) is 0 Å². The van der Waals surface area contributed by atoms with E-state index in [0.717, 1.165) is 30.2 Å². The van der Waals surface area contributed by atoms with E-state index in [1.54, 1.807) is 0 Å². The number of halogens is 2. The first-order valence-electron chi connectivity index (χ1n) is 8.11. The smallest absolute Gasteiger partial charge is 0.144 e. The minimum absolute atomic E-state index is 0.111. The number of benzene rings is 2. The molecule has 1 aliphatic heterocycles. The summed E-state index contributed by atoms with van der Waals surface area (Å²) >= 11 is 1.23. The fraction of sp³-hybridized carbons (Fsp3) is 0.368. The third-order valence-corrected chi connectivity index (χ3v) is 5.91. The van der Waals surface area contributed by atoms with Crippen LogP contribution in [0.15, 0.2) is 24.3 Å². The van der Waals surface area contributed by atoms with E-state index >= 15 is 0 Å². The molecule has 1 fully saturated rings. The van der Waals surface area contributed by atoms with Crippen molar-refractivity contribution in [1.82, 2.24) is 0 Å². The minimum atomic E-state index is -0.211. The highest BCUT2D eigenvalue weighted by atomic mass is 32.1. The van der Waals surface area contributed by atoms with Gasteiger partial charge in [0.2, 0.25) is 0 Å². The second-order valence-corrected chi connectivity index (χ2v) is 7.15. The van der Waals surface area contributed by atoms with Gasteiger partial charge in [0.25, 0.3) is 0 Å². The lowest BCUT2D eigenvalue weighted by molar-refractivity contribution is 0.111. The summed E-state index contributed by atoms with van der Waals surface area (Å²) in [5.74, 6) is -0.414. The number of hydrogen-bond donors (Lipinski definition) is 0. The van der Waals surface area contributed by atoms with E-state index in [1.165, 1.54) is 11.3 Å². The van der Waals surface area contributed by atoms with Gasteiger partial charge in [-0.1, -0.05) is 31.2 Å². The van der Waals surface area contributed by atoms with Crippen LogP contribution in [0.1, 0.15) is 30.9 Å². The van der Waals surface area contributed by atoms with Gasteiger partial charge in [0.1, 0.15) is 11.6 Å². The molecule has 0 radical (unpaired) electrons. The van der Waals surface area contributed by atoms with Gasteiger partial charge in [0.15, 0.2) is 0 Å². The van der Waals surface area contributed by atoms with Crippen LogP contribution in [0.3, 0.4) is 0 Å². The van der Waals surface area contributed by atoms with E-state index in [9.17, 15) is 8.78 Å². The van der Waals surface area contributed by atoms with Crippen LogP contribution in [0, 0.1) is 11.6 Å². The number of aryl methyl sites for hydroxylation is 1. The lowest BCUT2D eigenvalue weighted by Crippen LogP contribution is -2.10. The fourth-order valence-electron chi connectivity index (χ4n) is 3.40. The van der Waals surface area contributed by atoms with Crippen molar-refractivity contribution in [2.24, 2.45) is 0 Å². The van der Waals surface area contributed by atoms with Gasteiger partial charge in [-0.15, -0.1) is 11.3 Å². The quantitative estimate of drug-likeness (QED) is 0.605. The highest BCUT2D eigenvalue weighted by Gasteiger charge is 2.21. The number of thiophene rings is 1. The molecule has 0 bridgehead atoms. The number of ether oxygens (including phenoxy) is 1. The average molecular weight is 332 g/mol. The Labute approximate surface area is 137 Å². The molecular formula is C19H18F2OS. The molecule has 4 heteroatoms. The highest BCUT2D eigenvalue weighted by molar-refractivity contribution is 7.25. The molecule has 0 saturated carbocycles. The number of fused-ring (bicyclic) bond motifs is 3. The first kappa shape index (κ1) is 15.0. The third-order valence-electron chi connectivity index (χ3n) is 4.70. The van der Waals surface area contributed by atoms with E-state index in [4.69, 9.17) is 4.74 Å². The Morgan fingerprint density at radius 1 is 1.04 bits per heavy atom. The zero-order valence-electron chi connectivity index (χ0n) is 13.0. The molecule has 0 aliphatic carbocycles. The zero-order valence-corrected chi connectivity index (χ0v) is 13.8. The molecule has 1 aromatic heterocycles. The van der Waals surface area contributed by atoms with Crippen LogP contribution in [0.4, 0.5) is 8.78 Å². The lowest BCUT2D eigenvalue weighted by atomic mass is 10.0. The van der Waals surface area contributed by atoms with E-state index in [2.05, 4.69) is 0 Å². The van der Waals surface area contributed by atoms with Gasteiger partial charge >= 0.3 is 0 Å². The molecule has 1 unspecified atom stereocenters. The topological polar surface area (TPSA) is 9.23 Å². The maximum Gasteiger partial charge on any atom is 0.144 e. The second kappa shape index (κ2) is 5.84. The Morgan fingerprint density at radius 3 is 2.30 bits per heavy atom. The van der Waals surface area contributed by atoms with Crippen LogP contribution in [-0.2, 0) is 17.6 Å². The molecule has 2 heterocycles. The summed E-state index contributed by atoms with van der Waals surface area (Å²) in [5.41, 5.74) is 1.36. The summed E-state index contributed by atoms with van der Waals surface area (Å²) in [4.78, 5) is 0. The maximum atomic E-state index is 14.9. The predicted molar refractivity (Wildman–Crippen MR) is 91.3 cm³/mol. The minimum Gasteiger partial charge on any atom is -0.378 e. The summed E-state index contributed by atoms with van der Waals surface area (Å²) in [7, 11) is 0. The Balaban J connectivity index is 1.86. The van der Waals surface area contributed by atoms with Gasteiger partial charge in [-0.3, -0.25) is 0 Å². The molecule has 4 rings (SSSR count). The normalized spacial score (nSPS) is 18.3. The summed E-state index contributed by atoms with van der Waals surface area (Å²) in [6.07, 6.45) is 3.38. The summed E-state index contributed by atoms with van der Waals surface area (Å²) < 4.78 is 36.2. The molecule has 1 atom stereocenters. The van der Waals surface area contributed by atoms with Crippen molar-refractivity contribution in [2.75, 3.05) is 6.61 Å². The largest absolute Gasteiger partial charge is 0.378 e. The Kier molecular flexibility index (Phi) is 3.82. The first-order chi connectivity index (χ1) is 11.2. The van der Waals surface area contributed by atoms with Crippen molar-refractivity contribution < 1.29 is 13.5 Å². The van der Waals surface area contributed by atoms with Crippen molar-refractivity contribution >= 4 is 31.5 Å². The Bertz CT molecular complexity index is 878. The van der Waals surface area contributed by atoms with Crippen LogP contribution in [0.25, 0.3) is 20.2 Å². The van der Waals surface area contributed by atoms with Crippen LogP contribution >= 0.6 is 11.3 Å². The summed E-state index contributed by atoms with van der Waals surface area (Å²) in [6, 6.07) is 7.47. The monoisotopic (exact) mass is 332 g/mol. The van der Waals surface area contributed by atoms with Crippen molar-refractivity contribution in [1.29, 1.82) is 0 Å². The van der Waals surface area contributed by atoms with Gasteiger partial charge in [-0.05, 0) is 30.4 Å². The molecule has 2 aromatic carbocycles. The molecule has 1 nitrogen and oxygen atoms in total. The molecule has 120 valence electrons. The van der Waals surface area contributed by atoms with Crippen LogP contribution in [0.5, 0.6) is 0 Å². The number of hydrogen-bond acceptors (Lipinski definition) is 2. The summed E-state index contributed by atoms with van der Waals surface area (Å²) in [5, 5.41) is 1.61. The van der Waals surface area contributed by atoms with E-state index in [-0.39, 0.29) is 17.7 Å². The van der Waals surface area contributed by atoms with E-state index in [0.29, 0.717) is 33.4 Å². The fourth-order valence-corrected chi connectivity index (χ4v) is 4.62. The third kappa shape index (κ3) is 2.45. The molecule has 1 saturated heterocycles. The van der Waals surface area contributed by atoms with Crippen LogP contribution in [0.2, 0.25) is 0 Å². The number of rotatable bonds is 3. The maximum absolute atomic E-state index is 14.9. The standard InChI is InChI=1S/C19H18F2OS/c1-2-11-5-7-14-15-8-6-12(10-13-4-3-9-22-13)17(21)19(15)23-18(14)16(11)20/h5-8,13H,2-4,9-10H2,1H3. The predicted octanol–water partition coefficient (Wildman–Crippen LogP) is 5.62. The van der Waals surface area contributed by atoms with E-state index < -0.39 is 0 Å². The van der Waals surface area contributed by atoms with Crippen molar-refractivity contribution in [3.63, 3.8) is 0 Å². The van der Waals surface area contributed by atoms with E-state index in [1.807, 2.05) is 31.2 Å². The van der Waals surface area contributed by atoms with Gasteiger partial charge in [-0.2, -0.15) is 0 Å². The van der Waals surface area contributed by atoms with Gasteiger partial charge in [0.05, 0.1) is 15.5 Å². The molecule has 0 amide bonds. The van der Waals surface area contributed by atoms with Crippen LogP contribution < -0.4 is 0 Å². The lowest BCUT2D eigenvalue weighted by Gasteiger charge is -2.10. The molecule has 3 aromatic rings. The van der Waals surface area contributed by atoms with Crippen molar-refractivity contribution in [2.45, 2.75) is 38.7 Å². The zero-order chi connectivity index (χ0) is 16.0. The molecule has 0 N–H and O–H groups in total. The Morgan fingerprint density at radius 2 is 1.70 bits per heavy atom. The Hall–Kier alpha value is -1.52. The molecular weight excluding hydrogens is 314 g/mol. The first-order valence-corrected chi connectivity index (χ1v) is 8.93. The van der Waals surface area contributed by atoms with Crippen LogP contribution in [-0.4, -0.2) is 12.7 Å². The van der Waals surface area contributed by atoms with Gasteiger partial charge < -0.3 is 4.74 Å². The summed E-state index contributed by atoms with van der Waals surface area (Å²) in [6.45, 7) is 2.69. The molecule has 0 spiro atoms.